The van der Waals surface area contributed by atoms with Crippen LogP contribution in [0.1, 0.15) is 72.6 Å². The molecule has 0 aromatic heterocycles. The first kappa shape index (κ1) is 15.8. The van der Waals surface area contributed by atoms with E-state index in [0.717, 1.165) is 13.0 Å². The molecule has 1 aliphatic heterocycles. The Morgan fingerprint density at radius 2 is 1.85 bits per heavy atom. The third-order valence-electron chi connectivity index (χ3n) is 5.70. The average molecular weight is 280 g/mol. The van der Waals surface area contributed by atoms with Gasteiger partial charge in [-0.05, 0) is 38.0 Å². The maximum Gasteiger partial charge on any atom is 0.243 e. The van der Waals surface area contributed by atoms with Gasteiger partial charge in [0.2, 0.25) is 5.91 Å². The number of nitrogens with one attached hydrogen (secondary N) is 1. The van der Waals surface area contributed by atoms with Crippen molar-refractivity contribution in [2.75, 3.05) is 6.54 Å². The van der Waals surface area contributed by atoms with E-state index in [9.17, 15) is 4.79 Å². The normalized spacial score (nSPS) is 31.8. The molecule has 0 aromatic rings. The minimum atomic E-state index is -0.334. The molecule has 1 amide bonds. The van der Waals surface area contributed by atoms with Crippen LogP contribution < -0.4 is 5.32 Å². The van der Waals surface area contributed by atoms with E-state index in [1.54, 1.807) is 0 Å². The van der Waals surface area contributed by atoms with Gasteiger partial charge in [-0.15, -0.1) is 0 Å². The fraction of sp³-hybridized carbons (Fsp3) is 0.941. The molecule has 1 N–H and O–H groups in total. The molecule has 3 heteroatoms. The summed E-state index contributed by atoms with van der Waals surface area (Å²) in [6.07, 6.45) is 8.73. The SMILES string of the molecule is CCC(CC)CN1C(=O)C(C)(CC)NC1C1CCCC1. The summed E-state index contributed by atoms with van der Waals surface area (Å²) in [6, 6.07) is 0. The van der Waals surface area contributed by atoms with Gasteiger partial charge in [0.05, 0.1) is 11.7 Å². The Morgan fingerprint density at radius 3 is 2.35 bits per heavy atom. The molecule has 2 aliphatic rings. The number of carbonyl (C=O) groups excluding carboxylic acids is 1. The van der Waals surface area contributed by atoms with Crippen LogP contribution in [0.4, 0.5) is 0 Å². The molecule has 2 fully saturated rings. The zero-order valence-corrected chi connectivity index (χ0v) is 13.7. The summed E-state index contributed by atoms with van der Waals surface area (Å²) in [5.41, 5.74) is -0.334. The Bertz CT molecular complexity index is 334. The molecule has 0 aromatic carbocycles. The minimum Gasteiger partial charge on any atom is -0.325 e. The van der Waals surface area contributed by atoms with Gasteiger partial charge >= 0.3 is 0 Å². The molecule has 2 atom stereocenters. The van der Waals surface area contributed by atoms with Crippen molar-refractivity contribution >= 4 is 5.91 Å². The molecule has 1 saturated heterocycles. The topological polar surface area (TPSA) is 32.3 Å². The smallest absolute Gasteiger partial charge is 0.243 e. The number of rotatable bonds is 6. The molecule has 0 spiro atoms. The first-order valence-corrected chi connectivity index (χ1v) is 8.64. The minimum absolute atomic E-state index is 0.288. The van der Waals surface area contributed by atoms with Crippen LogP contribution in [0.5, 0.6) is 0 Å². The predicted octanol–water partition coefficient (Wildman–Crippen LogP) is 3.54. The van der Waals surface area contributed by atoms with Crippen LogP contribution >= 0.6 is 0 Å². The highest BCUT2D eigenvalue weighted by Gasteiger charge is 2.49. The van der Waals surface area contributed by atoms with Gasteiger partial charge in [-0.3, -0.25) is 10.1 Å². The molecule has 2 unspecified atom stereocenters. The van der Waals surface area contributed by atoms with Crippen LogP contribution in [0.2, 0.25) is 0 Å². The molecular formula is C17H32N2O. The summed E-state index contributed by atoms with van der Waals surface area (Å²) in [7, 11) is 0. The maximum absolute atomic E-state index is 12.9. The van der Waals surface area contributed by atoms with Crippen LogP contribution in [-0.2, 0) is 4.79 Å². The highest BCUT2D eigenvalue weighted by atomic mass is 16.2. The van der Waals surface area contributed by atoms with E-state index in [4.69, 9.17) is 0 Å². The van der Waals surface area contributed by atoms with Gasteiger partial charge in [0.1, 0.15) is 0 Å². The highest BCUT2D eigenvalue weighted by molar-refractivity contribution is 5.88. The Hall–Kier alpha value is -0.570. The first-order valence-electron chi connectivity index (χ1n) is 8.64. The van der Waals surface area contributed by atoms with Crippen LogP contribution in [0.15, 0.2) is 0 Å². The molecule has 1 heterocycles. The second-order valence-corrected chi connectivity index (χ2v) is 6.96. The Labute approximate surface area is 124 Å². The molecule has 0 bridgehead atoms. The molecule has 116 valence electrons. The van der Waals surface area contributed by atoms with Gasteiger partial charge < -0.3 is 4.90 Å². The zero-order chi connectivity index (χ0) is 14.8. The van der Waals surface area contributed by atoms with Crippen molar-refractivity contribution in [2.24, 2.45) is 11.8 Å². The van der Waals surface area contributed by atoms with Crippen molar-refractivity contribution in [1.29, 1.82) is 0 Å². The summed E-state index contributed by atoms with van der Waals surface area (Å²) in [5, 5.41) is 3.69. The summed E-state index contributed by atoms with van der Waals surface area (Å²) in [5.74, 6) is 1.65. The summed E-state index contributed by atoms with van der Waals surface area (Å²) >= 11 is 0. The monoisotopic (exact) mass is 280 g/mol. The first-order chi connectivity index (χ1) is 9.55. The number of hydrogen-bond acceptors (Lipinski definition) is 2. The third-order valence-corrected chi connectivity index (χ3v) is 5.70. The second kappa shape index (κ2) is 6.46. The molecular weight excluding hydrogens is 248 g/mol. The van der Waals surface area contributed by atoms with Crippen molar-refractivity contribution in [3.8, 4) is 0 Å². The molecule has 1 saturated carbocycles. The Kier molecular flexibility index (Phi) is 5.11. The lowest BCUT2D eigenvalue weighted by Gasteiger charge is -2.31. The van der Waals surface area contributed by atoms with Gasteiger partial charge in [0.25, 0.3) is 0 Å². The van der Waals surface area contributed by atoms with Crippen molar-refractivity contribution in [3.63, 3.8) is 0 Å². The third kappa shape index (κ3) is 2.88. The second-order valence-electron chi connectivity index (χ2n) is 6.96. The van der Waals surface area contributed by atoms with Gasteiger partial charge in [0.15, 0.2) is 0 Å². The van der Waals surface area contributed by atoms with Crippen molar-refractivity contribution in [1.82, 2.24) is 10.2 Å². The predicted molar refractivity (Wildman–Crippen MR) is 83.4 cm³/mol. The van der Waals surface area contributed by atoms with E-state index in [2.05, 4.69) is 37.9 Å². The van der Waals surface area contributed by atoms with E-state index < -0.39 is 0 Å². The Morgan fingerprint density at radius 1 is 1.25 bits per heavy atom. The molecule has 20 heavy (non-hydrogen) atoms. The van der Waals surface area contributed by atoms with Crippen LogP contribution in [0, 0.1) is 11.8 Å². The maximum atomic E-state index is 12.9. The van der Waals surface area contributed by atoms with Crippen molar-refractivity contribution in [3.05, 3.63) is 0 Å². The molecule has 3 nitrogen and oxygen atoms in total. The van der Waals surface area contributed by atoms with E-state index in [-0.39, 0.29) is 11.7 Å². The molecule has 0 radical (unpaired) electrons. The molecule has 1 aliphatic carbocycles. The lowest BCUT2D eigenvalue weighted by atomic mass is 9.98. The fourth-order valence-electron chi connectivity index (χ4n) is 3.83. The van der Waals surface area contributed by atoms with Gasteiger partial charge in [0, 0.05) is 6.54 Å². The van der Waals surface area contributed by atoms with Crippen LogP contribution in [0.3, 0.4) is 0 Å². The Balaban J connectivity index is 2.16. The summed E-state index contributed by atoms with van der Waals surface area (Å²) in [4.78, 5) is 15.0. The number of amides is 1. The average Bonchev–Trinajstić information content (AvgIpc) is 3.06. The van der Waals surface area contributed by atoms with Crippen LogP contribution in [0.25, 0.3) is 0 Å². The van der Waals surface area contributed by atoms with Crippen molar-refractivity contribution in [2.45, 2.75) is 84.3 Å². The quantitative estimate of drug-likeness (QED) is 0.807. The number of nitrogens with zero attached hydrogens (tertiary/aromatic N) is 1. The van der Waals surface area contributed by atoms with Crippen LogP contribution in [-0.4, -0.2) is 29.1 Å². The lowest BCUT2D eigenvalue weighted by Crippen LogP contribution is -2.46. The van der Waals surface area contributed by atoms with E-state index in [1.165, 1.54) is 38.5 Å². The summed E-state index contributed by atoms with van der Waals surface area (Å²) in [6.45, 7) is 9.63. The lowest BCUT2D eigenvalue weighted by molar-refractivity contribution is -0.134. The van der Waals surface area contributed by atoms with E-state index in [0.29, 0.717) is 17.7 Å². The highest BCUT2D eigenvalue weighted by Crippen LogP contribution is 2.36. The van der Waals surface area contributed by atoms with Gasteiger partial charge in [-0.25, -0.2) is 0 Å². The van der Waals surface area contributed by atoms with Crippen molar-refractivity contribution < 1.29 is 4.79 Å². The summed E-state index contributed by atoms with van der Waals surface area (Å²) < 4.78 is 0. The van der Waals surface area contributed by atoms with Gasteiger partial charge in [-0.1, -0.05) is 46.5 Å². The van der Waals surface area contributed by atoms with Gasteiger partial charge in [-0.2, -0.15) is 0 Å². The number of hydrogen-bond donors (Lipinski definition) is 1. The molecule has 2 rings (SSSR count). The standard InChI is InChI=1S/C17H32N2O/c1-5-13(6-2)12-19-15(14-10-8-9-11-14)18-17(4,7-3)16(19)20/h13-15,18H,5-12H2,1-4H3. The van der Waals surface area contributed by atoms with E-state index in [1.807, 2.05) is 0 Å². The zero-order valence-electron chi connectivity index (χ0n) is 13.7. The largest absolute Gasteiger partial charge is 0.325 e. The fourth-order valence-corrected chi connectivity index (χ4v) is 3.83. The number of carbonyl (C=O) groups is 1. The van der Waals surface area contributed by atoms with E-state index >= 15 is 0 Å².